The van der Waals surface area contributed by atoms with Gasteiger partial charge in [-0.15, -0.1) is 0 Å². The Balaban J connectivity index is 0.000000443. The molecule has 0 aromatic heterocycles. The molecule has 0 nitrogen and oxygen atoms in total. The maximum atomic E-state index is 2.31. The van der Waals surface area contributed by atoms with Gasteiger partial charge in [-0.3, -0.25) is 0 Å². The van der Waals surface area contributed by atoms with Crippen molar-refractivity contribution in [2.45, 2.75) is 91.9 Å². The predicted molar refractivity (Wildman–Crippen MR) is 115 cm³/mol. The van der Waals surface area contributed by atoms with Crippen LogP contribution in [0.25, 0.3) is 0 Å². The molecular formula is C24H38Mg. The molecule has 0 bridgehead atoms. The molecule has 2 rings (SSSR count). The molecule has 0 heterocycles. The molecule has 0 saturated carbocycles. The fourth-order valence-corrected chi connectivity index (χ4v) is 3.28. The second-order valence-electron chi connectivity index (χ2n) is 7.80. The Kier molecular flexibility index (Phi) is 11.7. The van der Waals surface area contributed by atoms with Gasteiger partial charge in [0.05, 0.1) is 0 Å². The summed E-state index contributed by atoms with van der Waals surface area (Å²) in [4.78, 5) is 0. The average molecular weight is 351 g/mol. The summed E-state index contributed by atoms with van der Waals surface area (Å²) in [6.07, 6.45) is 2.48. The monoisotopic (exact) mass is 350 g/mol. The number of hydrogen-bond acceptors (Lipinski definition) is 0. The minimum absolute atomic E-state index is 0. The first-order valence-electron chi connectivity index (χ1n) is 9.84. The largest absolute Gasteiger partial charge is 2.00 e. The predicted octanol–water partition coefficient (Wildman–Crippen LogP) is 7.70. The summed E-state index contributed by atoms with van der Waals surface area (Å²) in [5.41, 5.74) is 6.16. The Morgan fingerprint density at radius 1 is 0.680 bits per heavy atom. The Morgan fingerprint density at radius 2 is 1.00 bits per heavy atom. The fourth-order valence-electron chi connectivity index (χ4n) is 3.28. The van der Waals surface area contributed by atoms with Crippen LogP contribution in [0, 0.1) is 0 Å². The zero-order valence-corrected chi connectivity index (χ0v) is 19.3. The summed E-state index contributed by atoms with van der Waals surface area (Å²) in [6.45, 7) is 18.2. The van der Waals surface area contributed by atoms with E-state index in [1.165, 1.54) is 24.0 Å². The topological polar surface area (TPSA) is 0 Å². The molecule has 1 heteroatoms. The second-order valence-corrected chi connectivity index (χ2v) is 7.80. The van der Waals surface area contributed by atoms with Gasteiger partial charge in [0.15, 0.2) is 0 Å². The average Bonchev–Trinajstić information content (AvgIpc) is 3.22. The molecule has 25 heavy (non-hydrogen) atoms. The van der Waals surface area contributed by atoms with E-state index in [4.69, 9.17) is 0 Å². The standard InChI is InChI=1S/2C12H19.Mg/c2*1-5-10(4)12-8-6-7-11(12)9(2)3;/h2*6-10H,5H2,1-4H3;/q2*-1;+2. The van der Waals surface area contributed by atoms with Crippen molar-refractivity contribution < 1.29 is 0 Å². The maximum absolute atomic E-state index is 2.31. The van der Waals surface area contributed by atoms with Gasteiger partial charge in [0.1, 0.15) is 0 Å². The SMILES string of the molecule is CCC(C)c1ccc[c-]1C(C)C.CCC(C)c1ccc[c-]1C(C)C.[Mg+2]. The van der Waals surface area contributed by atoms with Crippen molar-refractivity contribution in [1.29, 1.82) is 0 Å². The maximum Gasteiger partial charge on any atom is 2.00 e. The third-order valence-electron chi connectivity index (χ3n) is 5.30. The molecule has 0 amide bonds. The van der Waals surface area contributed by atoms with E-state index in [-0.39, 0.29) is 23.1 Å². The molecule has 0 saturated heterocycles. The third-order valence-corrected chi connectivity index (χ3v) is 5.30. The molecule has 2 atom stereocenters. The number of hydrogen-bond donors (Lipinski definition) is 0. The van der Waals surface area contributed by atoms with Gasteiger partial charge in [-0.2, -0.15) is 34.4 Å². The molecule has 2 aromatic carbocycles. The van der Waals surface area contributed by atoms with E-state index in [0.717, 1.165) is 11.8 Å². The van der Waals surface area contributed by atoms with Crippen LogP contribution in [0.4, 0.5) is 0 Å². The van der Waals surface area contributed by atoms with Gasteiger partial charge in [0.25, 0.3) is 0 Å². The van der Waals surface area contributed by atoms with Crippen LogP contribution >= 0.6 is 0 Å². The molecule has 136 valence electrons. The van der Waals surface area contributed by atoms with Crippen molar-refractivity contribution in [2.75, 3.05) is 0 Å². The first-order chi connectivity index (χ1) is 11.3. The van der Waals surface area contributed by atoms with Crippen molar-refractivity contribution in [1.82, 2.24) is 0 Å². The summed E-state index contributed by atoms with van der Waals surface area (Å²) >= 11 is 0. The van der Waals surface area contributed by atoms with Gasteiger partial charge in [-0.05, 0) is 11.8 Å². The quantitative estimate of drug-likeness (QED) is 0.369. The fraction of sp³-hybridized carbons (Fsp3) is 0.583. The number of rotatable bonds is 6. The van der Waals surface area contributed by atoms with Crippen molar-refractivity contribution in [3.8, 4) is 0 Å². The molecule has 0 aliphatic carbocycles. The van der Waals surface area contributed by atoms with Crippen LogP contribution in [0.5, 0.6) is 0 Å². The van der Waals surface area contributed by atoms with E-state index in [1.807, 2.05) is 0 Å². The summed E-state index contributed by atoms with van der Waals surface area (Å²) < 4.78 is 0. The van der Waals surface area contributed by atoms with Crippen molar-refractivity contribution in [3.63, 3.8) is 0 Å². The second kappa shape index (κ2) is 12.0. The van der Waals surface area contributed by atoms with Crippen LogP contribution in [-0.4, -0.2) is 23.1 Å². The first-order valence-corrected chi connectivity index (χ1v) is 9.84. The molecule has 0 N–H and O–H groups in total. The van der Waals surface area contributed by atoms with Gasteiger partial charge >= 0.3 is 23.1 Å². The Bertz CT molecular complexity index is 518. The minimum Gasteiger partial charge on any atom is -0.213 e. The van der Waals surface area contributed by atoms with Crippen LogP contribution in [0.2, 0.25) is 0 Å². The van der Waals surface area contributed by atoms with Gasteiger partial charge in [-0.25, -0.2) is 24.3 Å². The summed E-state index contributed by atoms with van der Waals surface area (Å²) in [5, 5.41) is 0. The van der Waals surface area contributed by atoms with Crippen molar-refractivity contribution in [3.05, 3.63) is 58.7 Å². The van der Waals surface area contributed by atoms with Crippen molar-refractivity contribution >= 4 is 23.1 Å². The van der Waals surface area contributed by atoms with Crippen LogP contribution in [0.3, 0.4) is 0 Å². The summed E-state index contributed by atoms with van der Waals surface area (Å²) in [7, 11) is 0. The van der Waals surface area contributed by atoms with Crippen LogP contribution in [-0.2, 0) is 0 Å². The van der Waals surface area contributed by atoms with E-state index in [2.05, 4.69) is 91.8 Å². The zero-order valence-electron chi connectivity index (χ0n) is 17.9. The van der Waals surface area contributed by atoms with Crippen LogP contribution < -0.4 is 0 Å². The minimum atomic E-state index is 0. The van der Waals surface area contributed by atoms with Gasteiger partial charge in [0.2, 0.25) is 0 Å². The normalized spacial score (nSPS) is 13.2. The molecule has 2 unspecified atom stereocenters. The van der Waals surface area contributed by atoms with Crippen molar-refractivity contribution in [2.24, 2.45) is 0 Å². The first kappa shape index (κ1) is 24.5. The molecular weight excluding hydrogens is 313 g/mol. The third kappa shape index (κ3) is 6.94. The smallest absolute Gasteiger partial charge is 0.213 e. The van der Waals surface area contributed by atoms with E-state index in [0.29, 0.717) is 11.8 Å². The van der Waals surface area contributed by atoms with Crippen LogP contribution in [0.15, 0.2) is 36.4 Å². The molecule has 0 aliphatic rings. The molecule has 0 spiro atoms. The Morgan fingerprint density at radius 3 is 1.24 bits per heavy atom. The zero-order chi connectivity index (χ0) is 18.3. The van der Waals surface area contributed by atoms with Gasteiger partial charge in [0, 0.05) is 0 Å². The molecule has 0 aliphatic heterocycles. The van der Waals surface area contributed by atoms with Gasteiger partial charge in [-0.1, -0.05) is 80.1 Å². The van der Waals surface area contributed by atoms with E-state index >= 15 is 0 Å². The molecule has 2 aromatic rings. The van der Waals surface area contributed by atoms with Crippen LogP contribution in [0.1, 0.15) is 114 Å². The van der Waals surface area contributed by atoms with E-state index < -0.39 is 0 Å². The summed E-state index contributed by atoms with van der Waals surface area (Å²) in [5.74, 6) is 2.78. The Hall–Kier alpha value is -0.534. The Labute approximate surface area is 173 Å². The molecule has 0 radical (unpaired) electrons. The molecule has 0 fully saturated rings. The van der Waals surface area contributed by atoms with E-state index in [9.17, 15) is 0 Å². The van der Waals surface area contributed by atoms with E-state index in [1.54, 1.807) is 11.1 Å². The summed E-state index contributed by atoms with van der Waals surface area (Å²) in [6, 6.07) is 13.4. The van der Waals surface area contributed by atoms with Gasteiger partial charge < -0.3 is 0 Å².